The van der Waals surface area contributed by atoms with Crippen LogP contribution in [0.3, 0.4) is 0 Å². The maximum Gasteiger partial charge on any atom is 0.328 e. The Morgan fingerprint density at radius 3 is 2.12 bits per heavy atom. The van der Waals surface area contributed by atoms with Crippen molar-refractivity contribution in [3.8, 4) is 0 Å². The fourth-order valence-corrected chi connectivity index (χ4v) is 2.28. The third-order valence-electron chi connectivity index (χ3n) is 3.65. The summed E-state index contributed by atoms with van der Waals surface area (Å²) in [4.78, 5) is 23.5. The van der Waals surface area contributed by atoms with Crippen LogP contribution in [0.1, 0.15) is 11.1 Å². The summed E-state index contributed by atoms with van der Waals surface area (Å²) in [6, 6.07) is 16.8. The van der Waals surface area contributed by atoms with Gasteiger partial charge in [0.1, 0.15) is 0 Å². The molecule has 0 radical (unpaired) electrons. The van der Waals surface area contributed by atoms with Crippen molar-refractivity contribution < 1.29 is 19.4 Å². The Bertz CT molecular complexity index is 676. The van der Waals surface area contributed by atoms with Crippen molar-refractivity contribution in [1.29, 1.82) is 0 Å². The molecule has 4 N–H and O–H groups in total. The lowest BCUT2D eigenvalue weighted by Gasteiger charge is -2.18. The zero-order valence-corrected chi connectivity index (χ0v) is 13.8. The Kier molecular flexibility index (Phi) is 7.13. The van der Waals surface area contributed by atoms with Gasteiger partial charge in [-0.05, 0) is 17.5 Å². The highest BCUT2D eigenvalue weighted by Gasteiger charge is 2.23. The van der Waals surface area contributed by atoms with Gasteiger partial charge in [0.2, 0.25) is 5.91 Å². The van der Waals surface area contributed by atoms with Crippen LogP contribution in [-0.4, -0.2) is 35.7 Å². The van der Waals surface area contributed by atoms with Gasteiger partial charge in [0.05, 0.1) is 19.3 Å². The molecule has 2 aromatic rings. The molecule has 0 saturated heterocycles. The van der Waals surface area contributed by atoms with E-state index in [1.165, 1.54) is 0 Å². The second kappa shape index (κ2) is 9.56. The molecule has 0 aliphatic heterocycles. The summed E-state index contributed by atoms with van der Waals surface area (Å²) in [5.74, 6) is -1.67. The van der Waals surface area contributed by atoms with Crippen LogP contribution in [0.2, 0.25) is 0 Å². The van der Waals surface area contributed by atoms with E-state index in [0.29, 0.717) is 6.42 Å². The third kappa shape index (κ3) is 6.37. The first-order valence-corrected chi connectivity index (χ1v) is 8.00. The van der Waals surface area contributed by atoms with Gasteiger partial charge in [-0.2, -0.15) is 0 Å². The molecule has 0 spiro atoms. The number of nitrogens with one attached hydrogen (secondary N) is 1. The summed E-state index contributed by atoms with van der Waals surface area (Å²) in [6.45, 7) is 0.143. The first-order valence-electron chi connectivity index (χ1n) is 8.00. The zero-order chi connectivity index (χ0) is 18.1. The molecular weight excluding hydrogens is 320 g/mol. The number of aliphatic carboxylic acids is 1. The van der Waals surface area contributed by atoms with Gasteiger partial charge in [-0.1, -0.05) is 60.7 Å². The second-order valence-corrected chi connectivity index (χ2v) is 5.70. The minimum absolute atomic E-state index is 0.131. The summed E-state index contributed by atoms with van der Waals surface area (Å²) in [7, 11) is 0. The summed E-state index contributed by atoms with van der Waals surface area (Å²) in [5, 5.41) is 11.7. The van der Waals surface area contributed by atoms with E-state index in [1.54, 1.807) is 0 Å². The van der Waals surface area contributed by atoms with Gasteiger partial charge in [-0.25, -0.2) is 4.79 Å². The Morgan fingerprint density at radius 1 is 1.00 bits per heavy atom. The lowest BCUT2D eigenvalue weighted by molar-refractivity contribution is -0.144. The van der Waals surface area contributed by atoms with E-state index in [4.69, 9.17) is 10.5 Å². The number of carbonyl (C=O) groups is 2. The Morgan fingerprint density at radius 2 is 1.56 bits per heavy atom. The number of rotatable bonds is 9. The molecule has 0 aromatic heterocycles. The van der Waals surface area contributed by atoms with Crippen LogP contribution in [0.5, 0.6) is 0 Å². The molecule has 0 bridgehead atoms. The Hall–Kier alpha value is -2.70. The van der Waals surface area contributed by atoms with Crippen LogP contribution in [0.4, 0.5) is 0 Å². The number of hydrogen-bond donors (Lipinski definition) is 3. The van der Waals surface area contributed by atoms with Crippen molar-refractivity contribution in [2.45, 2.75) is 25.1 Å². The number of benzene rings is 2. The number of amides is 1. The van der Waals surface area contributed by atoms with E-state index in [0.717, 1.165) is 11.1 Å². The molecule has 0 heterocycles. The smallest absolute Gasteiger partial charge is 0.328 e. The molecule has 0 unspecified atom stereocenters. The van der Waals surface area contributed by atoms with Crippen molar-refractivity contribution in [2.75, 3.05) is 6.61 Å². The van der Waals surface area contributed by atoms with Gasteiger partial charge in [-0.3, -0.25) is 4.79 Å². The quantitative estimate of drug-likeness (QED) is 0.638. The number of carbonyl (C=O) groups excluding carboxylic acids is 1. The molecule has 0 saturated carbocycles. The highest BCUT2D eigenvalue weighted by molar-refractivity contribution is 5.87. The van der Waals surface area contributed by atoms with Crippen molar-refractivity contribution in [3.05, 3.63) is 71.8 Å². The van der Waals surface area contributed by atoms with Gasteiger partial charge in [0.25, 0.3) is 0 Å². The maximum absolute atomic E-state index is 12.1. The first kappa shape index (κ1) is 18.6. The van der Waals surface area contributed by atoms with E-state index in [9.17, 15) is 14.7 Å². The van der Waals surface area contributed by atoms with Gasteiger partial charge < -0.3 is 20.9 Å². The molecule has 1 amide bonds. The van der Waals surface area contributed by atoms with Gasteiger partial charge in [-0.15, -0.1) is 0 Å². The topological polar surface area (TPSA) is 102 Å². The van der Waals surface area contributed by atoms with Crippen LogP contribution < -0.4 is 11.1 Å². The molecule has 2 aromatic carbocycles. The van der Waals surface area contributed by atoms with Crippen LogP contribution in [0.25, 0.3) is 0 Å². The Labute approximate surface area is 146 Å². The average Bonchev–Trinajstić information content (AvgIpc) is 2.62. The van der Waals surface area contributed by atoms with Crippen molar-refractivity contribution in [3.63, 3.8) is 0 Å². The number of carboxylic acid groups (broad SMARTS) is 1. The number of carboxylic acids is 1. The van der Waals surface area contributed by atoms with Crippen molar-refractivity contribution >= 4 is 11.9 Å². The minimum Gasteiger partial charge on any atom is -0.480 e. The highest BCUT2D eigenvalue weighted by Crippen LogP contribution is 2.03. The molecule has 2 rings (SSSR count). The van der Waals surface area contributed by atoms with Crippen LogP contribution in [0.15, 0.2) is 60.7 Å². The second-order valence-electron chi connectivity index (χ2n) is 5.70. The average molecular weight is 342 g/mol. The number of nitrogens with two attached hydrogens (primary N) is 1. The first-order chi connectivity index (χ1) is 12.1. The standard InChI is InChI=1S/C19H22N2O4/c20-16(11-14-7-3-1-4-8-14)18(22)21-17(19(23)24)13-25-12-15-9-5-2-6-10-15/h1-10,16-17H,11-13,20H2,(H,21,22)(H,23,24)/t16-,17-/m0/s1. The molecule has 132 valence electrons. The summed E-state index contributed by atoms with van der Waals surface area (Å²) >= 11 is 0. The van der Waals surface area contributed by atoms with E-state index in [-0.39, 0.29) is 13.2 Å². The molecule has 0 aliphatic rings. The lowest BCUT2D eigenvalue weighted by Crippen LogP contribution is -2.51. The normalized spacial score (nSPS) is 13.0. The summed E-state index contributed by atoms with van der Waals surface area (Å²) < 4.78 is 5.41. The molecule has 6 heteroatoms. The third-order valence-corrected chi connectivity index (χ3v) is 3.65. The minimum atomic E-state index is -1.16. The molecule has 25 heavy (non-hydrogen) atoms. The zero-order valence-electron chi connectivity index (χ0n) is 13.8. The van der Waals surface area contributed by atoms with E-state index in [2.05, 4.69) is 5.32 Å². The molecule has 6 nitrogen and oxygen atoms in total. The van der Waals surface area contributed by atoms with Crippen LogP contribution in [-0.2, 0) is 27.4 Å². The fourth-order valence-electron chi connectivity index (χ4n) is 2.28. The number of ether oxygens (including phenoxy) is 1. The van der Waals surface area contributed by atoms with Gasteiger partial charge in [0.15, 0.2) is 6.04 Å². The van der Waals surface area contributed by atoms with E-state index < -0.39 is 24.0 Å². The fraction of sp³-hybridized carbons (Fsp3) is 0.263. The predicted octanol–water partition coefficient (Wildman–Crippen LogP) is 1.34. The lowest BCUT2D eigenvalue weighted by atomic mass is 10.1. The van der Waals surface area contributed by atoms with Crippen molar-refractivity contribution in [2.24, 2.45) is 5.73 Å². The molecule has 0 fully saturated rings. The molecule has 2 atom stereocenters. The van der Waals surface area contributed by atoms with E-state index >= 15 is 0 Å². The van der Waals surface area contributed by atoms with Gasteiger partial charge in [0, 0.05) is 0 Å². The van der Waals surface area contributed by atoms with Crippen LogP contribution >= 0.6 is 0 Å². The van der Waals surface area contributed by atoms with Gasteiger partial charge >= 0.3 is 5.97 Å². The summed E-state index contributed by atoms with van der Waals surface area (Å²) in [5.41, 5.74) is 7.72. The SMILES string of the molecule is N[C@@H](Cc1ccccc1)C(=O)N[C@@H](COCc1ccccc1)C(=O)O. The number of hydrogen-bond acceptors (Lipinski definition) is 4. The molecular formula is C19H22N2O4. The maximum atomic E-state index is 12.1. The Balaban J connectivity index is 1.83. The van der Waals surface area contributed by atoms with Crippen molar-refractivity contribution in [1.82, 2.24) is 5.32 Å². The largest absolute Gasteiger partial charge is 0.480 e. The monoisotopic (exact) mass is 342 g/mol. The predicted molar refractivity (Wildman–Crippen MR) is 93.8 cm³/mol. The molecule has 0 aliphatic carbocycles. The van der Waals surface area contributed by atoms with Crippen LogP contribution in [0, 0.1) is 0 Å². The van der Waals surface area contributed by atoms with E-state index in [1.807, 2.05) is 60.7 Å². The summed E-state index contributed by atoms with van der Waals surface area (Å²) in [6.07, 6.45) is 0.337. The highest BCUT2D eigenvalue weighted by atomic mass is 16.5.